The van der Waals surface area contributed by atoms with Gasteiger partial charge in [-0.1, -0.05) is 65.5 Å². The molecule has 2 rings (SSSR count). The van der Waals surface area contributed by atoms with Gasteiger partial charge in [0.25, 0.3) is 0 Å². The van der Waals surface area contributed by atoms with E-state index in [4.69, 9.17) is 47.7 Å². The molecule has 0 aliphatic rings. The Morgan fingerprint density at radius 1 is 0.444 bits per heavy atom. The Hall–Kier alpha value is -5.54. The summed E-state index contributed by atoms with van der Waals surface area (Å²) in [5, 5.41) is 0. The molecule has 4 atom stereocenters. The quantitative estimate of drug-likeness (QED) is 0.0457. The van der Waals surface area contributed by atoms with Gasteiger partial charge in [-0.3, -0.25) is 0 Å². The molecule has 298 valence electrons. The van der Waals surface area contributed by atoms with Crippen LogP contribution in [-0.2, 0) is 28.7 Å². The molecule has 0 N–H and O–H groups in total. The number of benzene rings is 2. The summed E-state index contributed by atoms with van der Waals surface area (Å²) in [6.07, 6.45) is -1.94. The number of hydrogen-bond acceptors (Lipinski definition) is 16. The highest BCUT2D eigenvalue weighted by molar-refractivity contribution is 5.97. The fourth-order valence-corrected chi connectivity index (χ4v) is 4.85. The van der Waals surface area contributed by atoms with Crippen molar-refractivity contribution in [2.45, 2.75) is 131 Å². The van der Waals surface area contributed by atoms with Crippen molar-refractivity contribution in [3.05, 3.63) is 47.5 Å². The molecule has 0 heterocycles. The SMILES string of the molecule is CCCC(C)OC(=O)Oc1cccc(C(=O)OOC(=O)c2cccc(OC(=O)OC(C)CCC)c2OC(=O)OC(C)CCC)c1OC(=O)OC(C)CCC. The first kappa shape index (κ1) is 44.6. The average Bonchev–Trinajstić information content (AvgIpc) is 3.08. The lowest BCUT2D eigenvalue weighted by Gasteiger charge is -2.17. The lowest BCUT2D eigenvalue weighted by molar-refractivity contribution is -0.187. The van der Waals surface area contributed by atoms with Crippen LogP contribution in [-0.4, -0.2) is 61.0 Å². The second-order valence-corrected chi connectivity index (χ2v) is 12.3. The number of ether oxygens (including phenoxy) is 8. The molecular formula is C38H50O16. The van der Waals surface area contributed by atoms with E-state index in [1.165, 1.54) is 24.3 Å². The van der Waals surface area contributed by atoms with Gasteiger partial charge < -0.3 is 37.9 Å². The average molecular weight is 763 g/mol. The molecule has 0 amide bonds. The molecule has 54 heavy (non-hydrogen) atoms. The monoisotopic (exact) mass is 762 g/mol. The molecule has 0 aliphatic heterocycles. The number of carbonyl (C=O) groups excluding carboxylic acids is 6. The van der Waals surface area contributed by atoms with Crippen LogP contribution in [0.5, 0.6) is 23.0 Å². The van der Waals surface area contributed by atoms with Gasteiger partial charge >= 0.3 is 36.6 Å². The maximum atomic E-state index is 13.3. The molecule has 0 spiro atoms. The van der Waals surface area contributed by atoms with Crippen LogP contribution in [0.25, 0.3) is 0 Å². The van der Waals surface area contributed by atoms with Crippen molar-refractivity contribution in [1.29, 1.82) is 0 Å². The minimum absolute atomic E-state index is 0.416. The summed E-state index contributed by atoms with van der Waals surface area (Å²) in [6.45, 7) is 14.2. The third kappa shape index (κ3) is 15.2. The predicted molar refractivity (Wildman–Crippen MR) is 190 cm³/mol. The summed E-state index contributed by atoms with van der Waals surface area (Å²) < 4.78 is 42.0. The van der Waals surface area contributed by atoms with Gasteiger partial charge in [-0.2, -0.15) is 0 Å². The lowest BCUT2D eigenvalue weighted by atomic mass is 10.2. The zero-order chi connectivity index (χ0) is 40.2. The summed E-state index contributed by atoms with van der Waals surface area (Å²) in [7, 11) is 0. The van der Waals surface area contributed by atoms with Crippen molar-refractivity contribution in [2.75, 3.05) is 0 Å². The summed E-state index contributed by atoms with van der Waals surface area (Å²) >= 11 is 0. The van der Waals surface area contributed by atoms with Crippen LogP contribution in [0.2, 0.25) is 0 Å². The zero-order valence-electron chi connectivity index (χ0n) is 32.0. The largest absolute Gasteiger partial charge is 0.514 e. The molecule has 0 aliphatic carbocycles. The number of carbonyl (C=O) groups is 6. The second kappa shape index (κ2) is 23.2. The lowest BCUT2D eigenvalue weighted by Crippen LogP contribution is -2.22. The molecule has 16 nitrogen and oxygen atoms in total. The van der Waals surface area contributed by atoms with Crippen molar-refractivity contribution in [3.8, 4) is 23.0 Å². The number of para-hydroxylation sites is 2. The van der Waals surface area contributed by atoms with Crippen LogP contribution < -0.4 is 18.9 Å². The molecule has 16 heteroatoms. The molecule has 0 saturated heterocycles. The van der Waals surface area contributed by atoms with Gasteiger partial charge in [0.2, 0.25) is 0 Å². The molecule has 2 aromatic rings. The Bertz CT molecular complexity index is 1450. The van der Waals surface area contributed by atoms with Gasteiger partial charge in [-0.25, -0.2) is 38.5 Å². The molecule has 0 fully saturated rings. The molecule has 4 unspecified atom stereocenters. The highest BCUT2D eigenvalue weighted by atomic mass is 17.2. The zero-order valence-corrected chi connectivity index (χ0v) is 32.0. The number of hydrogen-bond donors (Lipinski definition) is 0. The van der Waals surface area contributed by atoms with E-state index < -0.39 is 95.1 Å². The molecule has 0 bridgehead atoms. The van der Waals surface area contributed by atoms with Gasteiger partial charge in [-0.15, -0.1) is 0 Å². The van der Waals surface area contributed by atoms with E-state index in [-0.39, 0.29) is 0 Å². The Kier molecular flexibility index (Phi) is 19.2. The predicted octanol–water partition coefficient (Wildman–Crippen LogP) is 9.43. The maximum absolute atomic E-state index is 13.3. The van der Waals surface area contributed by atoms with Crippen LogP contribution in [0.4, 0.5) is 19.2 Å². The standard InChI is InChI=1S/C38H50O16/c1-9-15-23(5)45-35(41)49-29-21-13-19-27(31(29)51-37(43)47-25(7)17-11-3)33(39)53-54-34(40)28-20-14-22-30(50-36(42)46-24(6)16-10-2)32(28)52-38(44)48-26(8)18-12-4/h13-14,19-26H,9-12,15-18H2,1-8H3. The van der Waals surface area contributed by atoms with Crippen molar-refractivity contribution >= 4 is 36.6 Å². The van der Waals surface area contributed by atoms with E-state index in [1.54, 1.807) is 27.7 Å². The first-order valence-electron chi connectivity index (χ1n) is 18.0. The topological polar surface area (TPSA) is 195 Å². The van der Waals surface area contributed by atoms with E-state index >= 15 is 0 Å². The van der Waals surface area contributed by atoms with Gasteiger partial charge in [0.15, 0.2) is 23.0 Å². The summed E-state index contributed by atoms with van der Waals surface area (Å²) in [5.74, 6) is -4.82. The first-order chi connectivity index (χ1) is 25.7. The molecule has 0 saturated carbocycles. The fourth-order valence-electron chi connectivity index (χ4n) is 4.85. The molecule has 0 radical (unpaired) electrons. The van der Waals surface area contributed by atoms with Gasteiger partial charge in [-0.05, 0) is 77.6 Å². The van der Waals surface area contributed by atoms with Crippen molar-refractivity contribution in [3.63, 3.8) is 0 Å². The van der Waals surface area contributed by atoms with Crippen LogP contribution >= 0.6 is 0 Å². The summed E-state index contributed by atoms with van der Waals surface area (Å²) in [5.41, 5.74) is -1.05. The third-order valence-corrected chi connectivity index (χ3v) is 7.32. The first-order valence-corrected chi connectivity index (χ1v) is 18.0. The molecular weight excluding hydrogens is 712 g/mol. The van der Waals surface area contributed by atoms with Crippen molar-refractivity contribution in [1.82, 2.24) is 0 Å². The summed E-state index contributed by atoms with van der Waals surface area (Å²) in [6, 6.07) is 7.24. The van der Waals surface area contributed by atoms with Crippen LogP contribution in [0.3, 0.4) is 0 Å². The smallest absolute Gasteiger partial charge is 0.431 e. The van der Waals surface area contributed by atoms with Crippen molar-refractivity contribution in [2.24, 2.45) is 0 Å². The summed E-state index contributed by atoms with van der Waals surface area (Å²) in [4.78, 5) is 86.8. The van der Waals surface area contributed by atoms with Gasteiger partial charge in [0.1, 0.15) is 35.5 Å². The van der Waals surface area contributed by atoms with Gasteiger partial charge in [0.05, 0.1) is 0 Å². The number of rotatable bonds is 18. The van der Waals surface area contributed by atoms with E-state index in [0.717, 1.165) is 25.0 Å². The van der Waals surface area contributed by atoms with Crippen molar-refractivity contribution < 1.29 is 76.4 Å². The van der Waals surface area contributed by atoms with Crippen LogP contribution in [0, 0.1) is 0 Å². The second-order valence-electron chi connectivity index (χ2n) is 12.3. The minimum atomic E-state index is -1.39. The van der Waals surface area contributed by atoms with E-state index in [2.05, 4.69) is 0 Å². The van der Waals surface area contributed by atoms with E-state index in [1.807, 2.05) is 27.7 Å². The Morgan fingerprint density at radius 2 is 0.722 bits per heavy atom. The van der Waals surface area contributed by atoms with E-state index in [9.17, 15) is 28.8 Å². The normalized spacial score (nSPS) is 12.8. The fraction of sp³-hybridized carbons (Fsp3) is 0.526. The molecule has 0 aromatic heterocycles. The van der Waals surface area contributed by atoms with E-state index in [0.29, 0.717) is 38.5 Å². The third-order valence-electron chi connectivity index (χ3n) is 7.32. The highest BCUT2D eigenvalue weighted by Gasteiger charge is 2.29. The van der Waals surface area contributed by atoms with Crippen LogP contribution in [0.15, 0.2) is 36.4 Å². The highest BCUT2D eigenvalue weighted by Crippen LogP contribution is 2.35. The minimum Gasteiger partial charge on any atom is -0.431 e. The Labute approximate surface area is 314 Å². The molecule has 2 aromatic carbocycles. The Morgan fingerprint density at radius 3 is 1.00 bits per heavy atom. The Balaban J connectivity index is 2.42. The maximum Gasteiger partial charge on any atom is 0.514 e. The van der Waals surface area contributed by atoms with Crippen LogP contribution in [0.1, 0.15) is 127 Å². The van der Waals surface area contributed by atoms with Gasteiger partial charge in [0, 0.05) is 0 Å².